The molecule has 6 amide bonds. The zero-order chi connectivity index (χ0) is 42.9. The molecule has 1 aliphatic heterocycles. The third kappa shape index (κ3) is 14.3. The van der Waals surface area contributed by atoms with Crippen LogP contribution in [0.2, 0.25) is 0 Å². The van der Waals surface area contributed by atoms with Crippen LogP contribution < -0.4 is 38.1 Å². The van der Waals surface area contributed by atoms with Gasteiger partial charge in [-0.25, -0.2) is 4.79 Å². The van der Waals surface area contributed by atoms with Gasteiger partial charge in [0.1, 0.15) is 29.9 Å². The maximum absolute atomic E-state index is 14.0. The summed E-state index contributed by atoms with van der Waals surface area (Å²) < 4.78 is 0. The van der Waals surface area contributed by atoms with E-state index in [9.17, 15) is 48.6 Å². The number of carboxylic acid groups (broad SMARTS) is 1. The van der Waals surface area contributed by atoms with E-state index in [1.807, 2.05) is 0 Å². The Labute approximate surface area is 337 Å². The molecule has 0 unspecified atom stereocenters. The van der Waals surface area contributed by atoms with Crippen molar-refractivity contribution in [2.75, 3.05) is 19.6 Å². The number of rotatable bonds is 22. The van der Waals surface area contributed by atoms with Gasteiger partial charge in [-0.3, -0.25) is 33.6 Å². The number of benzene rings is 2. The maximum Gasteiger partial charge on any atom is 0.326 e. The first-order chi connectivity index (χ1) is 27.5. The largest absolute Gasteiger partial charge is 0.508 e. The van der Waals surface area contributed by atoms with E-state index in [0.717, 1.165) is 0 Å². The van der Waals surface area contributed by atoms with Crippen molar-refractivity contribution >= 4 is 47.2 Å². The van der Waals surface area contributed by atoms with Gasteiger partial charge in [0.15, 0.2) is 0 Å². The van der Waals surface area contributed by atoms with Gasteiger partial charge in [-0.2, -0.15) is 0 Å². The Morgan fingerprint density at radius 1 is 0.776 bits per heavy atom. The average Bonchev–Trinajstić information content (AvgIpc) is 3.69. The quantitative estimate of drug-likeness (QED) is 0.0512. The first-order valence-electron chi connectivity index (χ1n) is 19.4. The number of hydrogen-bond donors (Lipinski definition) is 9. The van der Waals surface area contributed by atoms with Crippen LogP contribution in [0.3, 0.4) is 0 Å². The summed E-state index contributed by atoms with van der Waals surface area (Å²) in [5.41, 5.74) is 12.4. The van der Waals surface area contributed by atoms with Crippen LogP contribution in [0.4, 0.5) is 0 Å². The number of nitrogens with one attached hydrogen (secondary N) is 5. The lowest BCUT2D eigenvalue weighted by Crippen LogP contribution is -2.58. The second kappa shape index (κ2) is 22.8. The Kier molecular flexibility index (Phi) is 18.2. The minimum Gasteiger partial charge on any atom is -0.508 e. The second-order valence-electron chi connectivity index (χ2n) is 14.7. The van der Waals surface area contributed by atoms with Crippen LogP contribution in [0.1, 0.15) is 64.0 Å². The summed E-state index contributed by atoms with van der Waals surface area (Å²) >= 11 is 0. The summed E-state index contributed by atoms with van der Waals surface area (Å²) in [6.45, 7) is 4.93. The van der Waals surface area contributed by atoms with Crippen molar-refractivity contribution in [3.05, 3.63) is 65.7 Å². The van der Waals surface area contributed by atoms with Crippen molar-refractivity contribution in [2.45, 2.75) is 102 Å². The molecule has 58 heavy (non-hydrogen) atoms. The van der Waals surface area contributed by atoms with Gasteiger partial charge in [0.05, 0.1) is 18.6 Å². The van der Waals surface area contributed by atoms with Gasteiger partial charge >= 0.3 is 5.97 Å². The predicted molar refractivity (Wildman–Crippen MR) is 211 cm³/mol. The fraction of sp³-hybridized carbons (Fsp3) is 0.500. The Morgan fingerprint density at radius 3 is 2.02 bits per heavy atom. The molecule has 0 aromatic heterocycles. The van der Waals surface area contributed by atoms with E-state index in [1.54, 1.807) is 44.2 Å². The number of amides is 6. The average molecular weight is 809 g/mol. The Balaban J connectivity index is 1.76. The number of likely N-dealkylation sites (tertiary alicyclic amines) is 1. The molecule has 3 rings (SSSR count). The molecule has 1 fully saturated rings. The molecule has 11 N–H and O–H groups in total. The lowest BCUT2D eigenvalue weighted by atomic mass is 10.0. The molecule has 18 nitrogen and oxygen atoms in total. The van der Waals surface area contributed by atoms with Gasteiger partial charge in [-0.15, -0.1) is 0 Å². The summed E-state index contributed by atoms with van der Waals surface area (Å²) in [6, 6.07) is 7.39. The fourth-order valence-corrected chi connectivity index (χ4v) is 6.35. The standard InChI is InChI=1S/C40H56N8O10/c1-23(2)33(47-35(52)24(3)42)38(55)43-22-32(50)48-19-9-13-31(48)37(54)45-29(20-25-10-5-4-6-11-25)36(53)44-28(12-7-8-18-41)34(51)39(56)46-30(40(57)58)21-26-14-16-27(49)17-15-26/h4-6,10-11,14-17,23-24,28-31,33,49H,7-9,12-13,18-22,41-42H2,1-3H3,(H,43,55)(H,44,53)(H,45,54)(H,46,56)(H,47,52)(H,57,58)/t24-,28-,29-,30-,31-,33-/m0/s1. The normalized spacial score (nSPS) is 16.2. The van der Waals surface area contributed by atoms with Crippen LogP contribution in [0.25, 0.3) is 0 Å². The zero-order valence-corrected chi connectivity index (χ0v) is 33.1. The number of nitrogens with two attached hydrogens (primary N) is 2. The molecule has 0 aliphatic carbocycles. The number of phenols is 1. The maximum atomic E-state index is 14.0. The summed E-state index contributed by atoms with van der Waals surface area (Å²) in [7, 11) is 0. The molecular formula is C40H56N8O10. The first-order valence-corrected chi connectivity index (χ1v) is 19.4. The van der Waals surface area contributed by atoms with Crippen LogP contribution >= 0.6 is 0 Å². The van der Waals surface area contributed by atoms with Gasteiger partial charge in [0.2, 0.25) is 35.3 Å². The van der Waals surface area contributed by atoms with Gasteiger partial charge in [0, 0.05) is 19.4 Å². The van der Waals surface area contributed by atoms with Crippen molar-refractivity contribution in [1.29, 1.82) is 0 Å². The highest BCUT2D eigenvalue weighted by Crippen LogP contribution is 2.19. The number of phenolic OH excluding ortho intramolecular Hbond substituents is 1. The number of carbonyl (C=O) groups excluding carboxylic acids is 7. The third-order valence-electron chi connectivity index (χ3n) is 9.65. The van der Waals surface area contributed by atoms with E-state index < -0.39 is 90.0 Å². The Bertz CT molecular complexity index is 1760. The van der Waals surface area contributed by atoms with Crippen LogP contribution in [-0.4, -0.2) is 118 Å². The van der Waals surface area contributed by atoms with Crippen molar-refractivity contribution < 1.29 is 48.6 Å². The number of aliphatic carboxylic acids is 1. The van der Waals surface area contributed by atoms with Gasteiger partial charge < -0.3 is 53.2 Å². The number of carbonyl (C=O) groups is 8. The van der Waals surface area contributed by atoms with E-state index in [4.69, 9.17) is 11.5 Å². The zero-order valence-electron chi connectivity index (χ0n) is 33.1. The number of Topliss-reactive ketones (excluding diaryl/α,β-unsaturated/α-hetero) is 1. The Hall–Kier alpha value is -5.88. The number of hydrogen-bond acceptors (Lipinski definition) is 11. The number of aromatic hydroxyl groups is 1. The monoisotopic (exact) mass is 808 g/mol. The smallest absolute Gasteiger partial charge is 0.326 e. The molecule has 18 heteroatoms. The highest BCUT2D eigenvalue weighted by Gasteiger charge is 2.38. The molecule has 0 spiro atoms. The molecule has 0 saturated carbocycles. The first kappa shape index (κ1) is 46.5. The van der Waals surface area contributed by atoms with Gasteiger partial charge in [-0.1, -0.05) is 56.3 Å². The minimum atomic E-state index is -1.51. The molecule has 316 valence electrons. The van der Waals surface area contributed by atoms with E-state index in [1.165, 1.54) is 36.1 Å². The molecule has 6 atom stereocenters. The number of unbranched alkanes of at least 4 members (excludes halogenated alkanes) is 1. The van der Waals surface area contributed by atoms with Crippen molar-refractivity contribution in [3.63, 3.8) is 0 Å². The number of carboxylic acids is 1. The summed E-state index contributed by atoms with van der Waals surface area (Å²) in [6.07, 6.45) is 1.28. The molecule has 1 aliphatic rings. The molecule has 1 heterocycles. The van der Waals surface area contributed by atoms with Crippen molar-refractivity contribution in [1.82, 2.24) is 31.5 Å². The van der Waals surface area contributed by atoms with E-state index in [2.05, 4.69) is 26.6 Å². The second-order valence-corrected chi connectivity index (χ2v) is 14.7. The SMILES string of the molecule is CC(C)[C@H](NC(=O)[C@H](C)N)C(=O)NCC(=O)N1CCC[C@H]1C(=O)N[C@@H](Cc1ccccc1)C(=O)N[C@@H](CCCCN)C(=O)C(=O)N[C@@H](Cc1ccc(O)cc1)C(=O)O. The molecule has 2 aromatic carbocycles. The summed E-state index contributed by atoms with van der Waals surface area (Å²) in [4.78, 5) is 106. The molecular weight excluding hydrogens is 752 g/mol. The molecule has 2 aromatic rings. The minimum absolute atomic E-state index is 0.0138. The summed E-state index contributed by atoms with van der Waals surface area (Å²) in [5, 5.41) is 32.0. The van der Waals surface area contributed by atoms with Crippen LogP contribution in [0, 0.1) is 5.92 Å². The number of nitrogens with zero attached hydrogens (tertiary/aromatic N) is 1. The van der Waals surface area contributed by atoms with E-state index in [0.29, 0.717) is 30.4 Å². The summed E-state index contributed by atoms with van der Waals surface area (Å²) in [5.74, 6) is -7.25. The van der Waals surface area contributed by atoms with Crippen LogP contribution in [0.15, 0.2) is 54.6 Å². The van der Waals surface area contributed by atoms with Crippen molar-refractivity contribution in [2.24, 2.45) is 17.4 Å². The molecule has 0 bridgehead atoms. The van der Waals surface area contributed by atoms with Crippen LogP contribution in [0.5, 0.6) is 5.75 Å². The van der Waals surface area contributed by atoms with Gasteiger partial charge in [0.25, 0.3) is 5.91 Å². The topological polar surface area (TPSA) is 292 Å². The van der Waals surface area contributed by atoms with Crippen LogP contribution in [-0.2, 0) is 51.2 Å². The molecule has 0 radical (unpaired) electrons. The van der Waals surface area contributed by atoms with Gasteiger partial charge in [-0.05, 0) is 74.8 Å². The predicted octanol–water partition coefficient (Wildman–Crippen LogP) is -0.990. The van der Waals surface area contributed by atoms with E-state index in [-0.39, 0.29) is 50.4 Å². The molecule has 1 saturated heterocycles. The van der Waals surface area contributed by atoms with Crippen molar-refractivity contribution in [3.8, 4) is 5.75 Å². The lowest BCUT2D eigenvalue weighted by Gasteiger charge is -2.28. The Morgan fingerprint density at radius 2 is 1.41 bits per heavy atom. The fourth-order valence-electron chi connectivity index (χ4n) is 6.35. The van der Waals surface area contributed by atoms with E-state index >= 15 is 0 Å². The number of ketones is 1. The third-order valence-corrected chi connectivity index (χ3v) is 9.65. The highest BCUT2D eigenvalue weighted by atomic mass is 16.4. The lowest BCUT2D eigenvalue weighted by molar-refractivity contribution is -0.145. The highest BCUT2D eigenvalue weighted by molar-refractivity contribution is 6.38.